The van der Waals surface area contributed by atoms with Crippen molar-refractivity contribution in [1.82, 2.24) is 9.78 Å². The zero-order valence-electron chi connectivity index (χ0n) is 5.83. The summed E-state index contributed by atoms with van der Waals surface area (Å²) in [7, 11) is 0. The van der Waals surface area contributed by atoms with Gasteiger partial charge in [0.2, 0.25) is 5.88 Å². The molecule has 2 N–H and O–H groups in total. The monoisotopic (exact) mass is 157 g/mol. The molecule has 0 radical (unpaired) electrons. The summed E-state index contributed by atoms with van der Waals surface area (Å²) in [4.78, 5) is 0. The van der Waals surface area contributed by atoms with Crippen LogP contribution in [0.3, 0.4) is 0 Å². The van der Waals surface area contributed by atoms with Crippen LogP contribution in [-0.4, -0.2) is 22.6 Å². The zero-order valence-corrected chi connectivity index (χ0v) is 5.83. The number of halogens is 1. The summed E-state index contributed by atoms with van der Waals surface area (Å²) in [6, 6.07) is 0. The molecule has 2 heterocycles. The molecule has 1 aromatic rings. The first-order valence-corrected chi connectivity index (χ1v) is 3.35. The third-order valence-electron chi connectivity index (χ3n) is 1.59. The van der Waals surface area contributed by atoms with Gasteiger partial charge in [-0.1, -0.05) is 0 Å². The van der Waals surface area contributed by atoms with Crippen molar-refractivity contribution in [3.63, 3.8) is 0 Å². The second-order valence-corrected chi connectivity index (χ2v) is 2.50. The van der Waals surface area contributed by atoms with Gasteiger partial charge in [0.25, 0.3) is 0 Å². The van der Waals surface area contributed by atoms with Crippen LogP contribution in [0, 0.1) is 0 Å². The van der Waals surface area contributed by atoms with E-state index in [1.165, 1.54) is 10.9 Å². The number of nitrogens with two attached hydrogens (primary N) is 1. The number of fused-ring (bicyclic) bond motifs is 1. The molecule has 0 bridgehead atoms. The van der Waals surface area contributed by atoms with Gasteiger partial charge in [-0.15, -0.1) is 0 Å². The lowest BCUT2D eigenvalue weighted by molar-refractivity contribution is 0.126. The van der Waals surface area contributed by atoms with Crippen molar-refractivity contribution >= 4 is 5.69 Å². The Morgan fingerprint density at radius 2 is 2.64 bits per heavy atom. The first-order valence-electron chi connectivity index (χ1n) is 3.35. The summed E-state index contributed by atoms with van der Waals surface area (Å²) in [5, 5.41) is 3.83. The highest BCUT2D eigenvalue weighted by Gasteiger charge is 2.21. The summed E-state index contributed by atoms with van der Waals surface area (Å²) in [5.41, 5.74) is 5.95. The van der Waals surface area contributed by atoms with Crippen LogP contribution in [0.4, 0.5) is 10.1 Å². The van der Waals surface area contributed by atoms with Crippen LogP contribution in [0.1, 0.15) is 0 Å². The largest absolute Gasteiger partial charge is 0.473 e. The van der Waals surface area contributed by atoms with E-state index in [9.17, 15) is 4.39 Å². The van der Waals surface area contributed by atoms with E-state index in [0.29, 0.717) is 11.6 Å². The minimum atomic E-state index is -0.971. The molecule has 1 unspecified atom stereocenters. The number of hydrogen-bond acceptors (Lipinski definition) is 3. The van der Waals surface area contributed by atoms with Crippen LogP contribution in [0.25, 0.3) is 0 Å². The first kappa shape index (κ1) is 6.45. The summed E-state index contributed by atoms with van der Waals surface area (Å²) in [6.45, 7) is 0.322. The van der Waals surface area contributed by atoms with Crippen LogP contribution >= 0.6 is 0 Å². The zero-order chi connectivity index (χ0) is 7.84. The van der Waals surface area contributed by atoms with Crippen molar-refractivity contribution in [2.24, 2.45) is 0 Å². The molecule has 1 aromatic heterocycles. The molecule has 0 saturated carbocycles. The SMILES string of the molecule is Nc1cnn2c1OCC(F)C2. The molecule has 0 aromatic carbocycles. The normalized spacial score (nSPS) is 22.5. The summed E-state index contributed by atoms with van der Waals surface area (Å²) >= 11 is 0. The number of alkyl halides is 1. The molecule has 0 aliphatic carbocycles. The molecule has 1 aliphatic heterocycles. The highest BCUT2D eigenvalue weighted by Crippen LogP contribution is 2.24. The van der Waals surface area contributed by atoms with Gasteiger partial charge in [0.05, 0.1) is 12.7 Å². The lowest BCUT2D eigenvalue weighted by atomic mass is 10.4. The number of nitrogens with zero attached hydrogens (tertiary/aromatic N) is 2. The lowest BCUT2D eigenvalue weighted by Gasteiger charge is -2.18. The molecule has 11 heavy (non-hydrogen) atoms. The number of anilines is 1. The molecule has 4 nitrogen and oxygen atoms in total. The molecule has 1 aliphatic rings. The van der Waals surface area contributed by atoms with E-state index in [0.717, 1.165) is 0 Å². The fraction of sp³-hybridized carbons (Fsp3) is 0.500. The quantitative estimate of drug-likeness (QED) is 0.585. The minimum Gasteiger partial charge on any atom is -0.473 e. The Bertz CT molecular complexity index is 273. The molecule has 5 heteroatoms. The Morgan fingerprint density at radius 3 is 3.45 bits per heavy atom. The van der Waals surface area contributed by atoms with Crippen molar-refractivity contribution in [2.75, 3.05) is 12.3 Å². The molecule has 0 amide bonds. The van der Waals surface area contributed by atoms with Gasteiger partial charge in [-0.05, 0) is 0 Å². The summed E-state index contributed by atoms with van der Waals surface area (Å²) in [5.74, 6) is 0.485. The van der Waals surface area contributed by atoms with E-state index in [2.05, 4.69) is 5.10 Å². The lowest BCUT2D eigenvalue weighted by Crippen LogP contribution is -2.27. The van der Waals surface area contributed by atoms with Crippen molar-refractivity contribution in [3.8, 4) is 5.88 Å². The molecule has 2 rings (SSSR count). The smallest absolute Gasteiger partial charge is 0.235 e. The number of nitrogen functional groups attached to an aromatic ring is 1. The number of aromatic nitrogens is 2. The number of hydrogen-bond donors (Lipinski definition) is 1. The minimum absolute atomic E-state index is 0.0793. The van der Waals surface area contributed by atoms with E-state index >= 15 is 0 Å². The predicted octanol–water partition coefficient (Wildman–Crippen LogP) is 0.196. The first-order chi connectivity index (χ1) is 5.27. The molecule has 1 atom stereocenters. The third-order valence-corrected chi connectivity index (χ3v) is 1.59. The van der Waals surface area contributed by atoms with Gasteiger partial charge >= 0.3 is 0 Å². The number of ether oxygens (including phenoxy) is 1. The summed E-state index contributed by atoms with van der Waals surface area (Å²) in [6.07, 6.45) is 0.495. The second-order valence-electron chi connectivity index (χ2n) is 2.50. The van der Waals surface area contributed by atoms with Crippen molar-refractivity contribution in [3.05, 3.63) is 6.20 Å². The average Bonchev–Trinajstić information content (AvgIpc) is 2.32. The Kier molecular flexibility index (Phi) is 1.24. The standard InChI is InChI=1S/C6H8FN3O/c7-4-2-10-6(11-3-4)5(8)1-9-10/h1,4H,2-3,8H2. The highest BCUT2D eigenvalue weighted by atomic mass is 19.1. The van der Waals surface area contributed by atoms with Crippen LogP contribution in [0.2, 0.25) is 0 Å². The van der Waals surface area contributed by atoms with Gasteiger partial charge < -0.3 is 10.5 Å². The Morgan fingerprint density at radius 1 is 1.82 bits per heavy atom. The van der Waals surface area contributed by atoms with E-state index in [1.54, 1.807) is 0 Å². The van der Waals surface area contributed by atoms with E-state index < -0.39 is 6.17 Å². The van der Waals surface area contributed by atoms with Crippen LogP contribution in [0.5, 0.6) is 5.88 Å². The van der Waals surface area contributed by atoms with Crippen molar-refractivity contribution in [2.45, 2.75) is 12.7 Å². The van der Waals surface area contributed by atoms with Crippen molar-refractivity contribution < 1.29 is 9.13 Å². The van der Waals surface area contributed by atoms with E-state index in [1.807, 2.05) is 0 Å². The maximum absolute atomic E-state index is 12.6. The van der Waals surface area contributed by atoms with Gasteiger partial charge in [0.1, 0.15) is 12.3 Å². The van der Waals surface area contributed by atoms with Gasteiger partial charge in [0, 0.05) is 0 Å². The van der Waals surface area contributed by atoms with E-state index in [-0.39, 0.29) is 13.2 Å². The Balaban J connectivity index is 2.36. The van der Waals surface area contributed by atoms with Gasteiger partial charge in [-0.25, -0.2) is 9.07 Å². The van der Waals surface area contributed by atoms with Crippen LogP contribution < -0.4 is 10.5 Å². The molecule has 60 valence electrons. The number of rotatable bonds is 0. The van der Waals surface area contributed by atoms with Gasteiger partial charge in [0.15, 0.2) is 6.17 Å². The van der Waals surface area contributed by atoms with Gasteiger partial charge in [-0.3, -0.25) is 0 Å². The molecular formula is C6H8FN3O. The second kappa shape index (κ2) is 2.11. The maximum atomic E-state index is 12.6. The topological polar surface area (TPSA) is 53.1 Å². The van der Waals surface area contributed by atoms with E-state index in [4.69, 9.17) is 10.5 Å². The fourth-order valence-corrected chi connectivity index (χ4v) is 1.09. The third kappa shape index (κ3) is 0.923. The molecule has 0 spiro atoms. The predicted molar refractivity (Wildman–Crippen MR) is 37.0 cm³/mol. The Hall–Kier alpha value is -1.26. The van der Waals surface area contributed by atoms with Crippen LogP contribution in [0.15, 0.2) is 6.20 Å². The van der Waals surface area contributed by atoms with Crippen LogP contribution in [-0.2, 0) is 6.54 Å². The van der Waals surface area contributed by atoms with Crippen molar-refractivity contribution in [1.29, 1.82) is 0 Å². The van der Waals surface area contributed by atoms with Gasteiger partial charge in [-0.2, -0.15) is 5.10 Å². The fourth-order valence-electron chi connectivity index (χ4n) is 1.09. The average molecular weight is 157 g/mol. The Labute approximate surface area is 62.7 Å². The molecular weight excluding hydrogens is 149 g/mol. The summed E-state index contributed by atoms with van der Waals surface area (Å²) < 4.78 is 19.1. The molecule has 0 saturated heterocycles. The molecule has 0 fully saturated rings. The maximum Gasteiger partial charge on any atom is 0.235 e. The highest BCUT2D eigenvalue weighted by molar-refractivity contribution is 5.46.